The molecule has 0 aromatic carbocycles. The lowest BCUT2D eigenvalue weighted by atomic mass is 9.80. The minimum Gasteiger partial charge on any atom is -0.378 e. The van der Waals surface area contributed by atoms with Crippen LogP contribution in [-0.4, -0.2) is 12.7 Å². The normalized spacial score (nSPS) is 30.8. The van der Waals surface area contributed by atoms with Crippen molar-refractivity contribution in [1.29, 1.82) is 5.26 Å². The van der Waals surface area contributed by atoms with Gasteiger partial charge in [-0.1, -0.05) is 0 Å². The average molecular weight is 139 g/mol. The third kappa shape index (κ3) is 1.71. The van der Waals surface area contributed by atoms with Crippen molar-refractivity contribution in [3.8, 4) is 6.07 Å². The van der Waals surface area contributed by atoms with E-state index in [2.05, 4.69) is 6.07 Å². The van der Waals surface area contributed by atoms with E-state index < -0.39 is 0 Å². The molecule has 0 unspecified atom stereocenters. The van der Waals surface area contributed by atoms with Gasteiger partial charge in [0.25, 0.3) is 0 Å². The summed E-state index contributed by atoms with van der Waals surface area (Å²) in [6.45, 7) is 2.82. The lowest BCUT2D eigenvalue weighted by Crippen LogP contribution is -2.30. The summed E-state index contributed by atoms with van der Waals surface area (Å²) in [5, 5.41) is 8.33. The van der Waals surface area contributed by atoms with Crippen LogP contribution in [0.1, 0.15) is 26.2 Å². The zero-order valence-electron chi connectivity index (χ0n) is 6.34. The number of ether oxygens (including phenoxy) is 1. The molecule has 2 nitrogen and oxygen atoms in total. The maximum atomic E-state index is 8.33. The summed E-state index contributed by atoms with van der Waals surface area (Å²) < 4.78 is 5.34. The van der Waals surface area contributed by atoms with Crippen molar-refractivity contribution in [2.45, 2.75) is 32.3 Å². The largest absolute Gasteiger partial charge is 0.378 e. The van der Waals surface area contributed by atoms with Crippen molar-refractivity contribution >= 4 is 0 Å². The van der Waals surface area contributed by atoms with Gasteiger partial charge in [0.1, 0.15) is 0 Å². The van der Waals surface area contributed by atoms with E-state index in [1.807, 2.05) is 6.92 Å². The van der Waals surface area contributed by atoms with Crippen LogP contribution < -0.4 is 0 Å². The first-order valence-corrected chi connectivity index (χ1v) is 3.85. The molecular formula is C8H13NO. The Kier molecular flexibility index (Phi) is 2.70. The number of nitriles is 1. The summed E-state index contributed by atoms with van der Waals surface area (Å²) in [5.74, 6) is 0.626. The lowest BCUT2D eigenvalue weighted by molar-refractivity contribution is -0.0228. The van der Waals surface area contributed by atoms with Crippen LogP contribution in [0.15, 0.2) is 0 Å². The van der Waals surface area contributed by atoms with Crippen LogP contribution in [-0.2, 0) is 4.74 Å². The van der Waals surface area contributed by atoms with Crippen LogP contribution in [0.2, 0.25) is 0 Å². The molecule has 0 aliphatic heterocycles. The van der Waals surface area contributed by atoms with E-state index in [1.165, 1.54) is 0 Å². The molecule has 1 aliphatic rings. The second kappa shape index (κ2) is 3.58. The first-order valence-electron chi connectivity index (χ1n) is 3.85. The van der Waals surface area contributed by atoms with E-state index in [4.69, 9.17) is 10.00 Å². The fourth-order valence-electron chi connectivity index (χ4n) is 1.34. The first-order chi connectivity index (χ1) is 4.86. The van der Waals surface area contributed by atoms with Gasteiger partial charge in [-0.25, -0.2) is 0 Å². The Hall–Kier alpha value is -0.550. The van der Waals surface area contributed by atoms with Gasteiger partial charge in [-0.3, -0.25) is 0 Å². The van der Waals surface area contributed by atoms with Crippen LogP contribution >= 0.6 is 0 Å². The quantitative estimate of drug-likeness (QED) is 0.596. The Morgan fingerprint density at radius 2 is 2.30 bits per heavy atom. The third-order valence-electron chi connectivity index (χ3n) is 1.97. The van der Waals surface area contributed by atoms with Crippen LogP contribution in [0.25, 0.3) is 0 Å². The van der Waals surface area contributed by atoms with Crippen molar-refractivity contribution in [3.63, 3.8) is 0 Å². The maximum absolute atomic E-state index is 8.33. The van der Waals surface area contributed by atoms with Gasteiger partial charge in [0.15, 0.2) is 0 Å². The van der Waals surface area contributed by atoms with Crippen LogP contribution in [0.3, 0.4) is 0 Å². The molecule has 0 heterocycles. The molecule has 1 aliphatic carbocycles. The predicted molar refractivity (Wildman–Crippen MR) is 38.4 cm³/mol. The molecule has 0 aromatic rings. The van der Waals surface area contributed by atoms with Gasteiger partial charge < -0.3 is 4.74 Å². The van der Waals surface area contributed by atoms with E-state index >= 15 is 0 Å². The highest BCUT2D eigenvalue weighted by Crippen LogP contribution is 2.31. The Balaban J connectivity index is 2.02. The Bertz CT molecular complexity index is 133. The van der Waals surface area contributed by atoms with Crippen LogP contribution in [0.4, 0.5) is 0 Å². The fourth-order valence-corrected chi connectivity index (χ4v) is 1.34. The minimum atomic E-state index is 0.461. The molecule has 1 fully saturated rings. The van der Waals surface area contributed by atoms with Gasteiger partial charge in [0.2, 0.25) is 0 Å². The Labute approximate surface area is 61.8 Å². The minimum absolute atomic E-state index is 0.461. The molecule has 0 saturated heterocycles. The SMILES string of the molecule is CCOC1CC(CC#N)C1. The summed E-state index contributed by atoms with van der Waals surface area (Å²) in [7, 11) is 0. The molecule has 56 valence electrons. The van der Waals surface area contributed by atoms with Gasteiger partial charge in [0.05, 0.1) is 12.2 Å². The summed E-state index contributed by atoms with van der Waals surface area (Å²) in [5.41, 5.74) is 0. The molecule has 1 rings (SSSR count). The number of nitrogens with zero attached hydrogens (tertiary/aromatic N) is 1. The molecule has 2 heteroatoms. The van der Waals surface area contributed by atoms with E-state index in [-0.39, 0.29) is 0 Å². The van der Waals surface area contributed by atoms with Crippen LogP contribution in [0, 0.1) is 17.2 Å². The lowest BCUT2D eigenvalue weighted by Gasteiger charge is -2.33. The first kappa shape index (κ1) is 7.56. The topological polar surface area (TPSA) is 33.0 Å². The van der Waals surface area contributed by atoms with Gasteiger partial charge >= 0.3 is 0 Å². The Morgan fingerprint density at radius 1 is 1.60 bits per heavy atom. The standard InChI is InChI=1S/C8H13NO/c1-2-10-8-5-7(6-8)3-4-9/h7-8H,2-3,5-6H2,1H3. The predicted octanol–water partition coefficient (Wildman–Crippen LogP) is 1.72. The highest BCUT2D eigenvalue weighted by molar-refractivity contribution is 4.86. The van der Waals surface area contributed by atoms with Crippen molar-refractivity contribution in [1.82, 2.24) is 0 Å². The maximum Gasteiger partial charge on any atom is 0.0624 e. The molecule has 10 heavy (non-hydrogen) atoms. The summed E-state index contributed by atoms with van der Waals surface area (Å²) in [4.78, 5) is 0. The highest BCUT2D eigenvalue weighted by Gasteiger charge is 2.28. The van der Waals surface area contributed by atoms with Crippen molar-refractivity contribution < 1.29 is 4.74 Å². The van der Waals surface area contributed by atoms with Crippen molar-refractivity contribution in [2.24, 2.45) is 5.92 Å². The molecule has 1 saturated carbocycles. The number of hydrogen-bond donors (Lipinski definition) is 0. The van der Waals surface area contributed by atoms with Gasteiger partial charge in [-0.15, -0.1) is 0 Å². The highest BCUT2D eigenvalue weighted by atomic mass is 16.5. The van der Waals surface area contributed by atoms with Crippen LogP contribution in [0.5, 0.6) is 0 Å². The summed E-state index contributed by atoms with van der Waals surface area (Å²) >= 11 is 0. The molecule has 0 aromatic heterocycles. The van der Waals surface area contributed by atoms with Gasteiger partial charge in [-0.05, 0) is 25.7 Å². The zero-order chi connectivity index (χ0) is 7.40. The Morgan fingerprint density at radius 3 is 2.80 bits per heavy atom. The fraction of sp³-hybridized carbons (Fsp3) is 0.875. The van der Waals surface area contributed by atoms with Crippen molar-refractivity contribution in [2.75, 3.05) is 6.61 Å². The zero-order valence-corrected chi connectivity index (χ0v) is 6.34. The van der Waals surface area contributed by atoms with E-state index in [1.54, 1.807) is 0 Å². The molecular weight excluding hydrogens is 126 g/mol. The molecule has 0 atom stereocenters. The van der Waals surface area contributed by atoms with Gasteiger partial charge in [0, 0.05) is 13.0 Å². The molecule has 0 N–H and O–H groups in total. The average Bonchev–Trinajstić information content (AvgIpc) is 1.84. The summed E-state index contributed by atoms with van der Waals surface area (Å²) in [6.07, 6.45) is 3.37. The van der Waals surface area contributed by atoms with E-state index in [0.29, 0.717) is 18.4 Å². The molecule has 0 bridgehead atoms. The van der Waals surface area contributed by atoms with Crippen molar-refractivity contribution in [3.05, 3.63) is 0 Å². The van der Waals surface area contributed by atoms with E-state index in [9.17, 15) is 0 Å². The molecule has 0 amide bonds. The smallest absolute Gasteiger partial charge is 0.0624 e. The third-order valence-corrected chi connectivity index (χ3v) is 1.97. The molecule has 0 spiro atoms. The second-order valence-corrected chi connectivity index (χ2v) is 2.78. The van der Waals surface area contributed by atoms with Gasteiger partial charge in [-0.2, -0.15) is 5.26 Å². The number of hydrogen-bond acceptors (Lipinski definition) is 2. The number of rotatable bonds is 3. The molecule has 0 radical (unpaired) electrons. The monoisotopic (exact) mass is 139 g/mol. The summed E-state index contributed by atoms with van der Waals surface area (Å²) in [6, 6.07) is 2.18. The van der Waals surface area contributed by atoms with E-state index in [0.717, 1.165) is 19.4 Å². The second-order valence-electron chi connectivity index (χ2n) is 2.78.